The summed E-state index contributed by atoms with van der Waals surface area (Å²) in [6, 6.07) is -6.44. The topological polar surface area (TPSA) is 427 Å². The molecular formula is C53H84N6O20S. The van der Waals surface area contributed by atoms with Gasteiger partial charge in [-0.05, 0) is 75.4 Å². The molecule has 11 N–H and O–H groups in total. The molecule has 1 heterocycles. The predicted octanol–water partition coefficient (Wildman–Crippen LogP) is 1.89. The Bertz CT molecular complexity index is 2180. The number of carbonyl (C=O) groups is 14. The van der Waals surface area contributed by atoms with Crippen LogP contribution in [0.3, 0.4) is 0 Å². The first-order valence-corrected chi connectivity index (χ1v) is 28.3. The van der Waals surface area contributed by atoms with Crippen molar-refractivity contribution in [2.24, 2.45) is 28.9 Å². The van der Waals surface area contributed by atoms with Crippen molar-refractivity contribution in [2.75, 3.05) is 31.8 Å². The molecule has 0 aromatic carbocycles. The molecule has 1 aliphatic heterocycles. The minimum Gasteiger partial charge on any atom is -0.481 e. The number of nitrogens with one attached hydrogen (secondary N) is 4. The zero-order valence-electron chi connectivity index (χ0n) is 46.8. The van der Waals surface area contributed by atoms with Crippen LogP contribution < -0.4 is 27.0 Å². The molecule has 1 rings (SSSR count). The average molecular weight is 1160 g/mol. The van der Waals surface area contributed by atoms with E-state index in [1.165, 1.54) is 4.90 Å². The van der Waals surface area contributed by atoms with Crippen LogP contribution >= 0.6 is 11.8 Å². The smallest absolute Gasteiger partial charge is 0.303 e. The Morgan fingerprint density at radius 1 is 0.600 bits per heavy atom. The molecule has 27 heteroatoms. The highest BCUT2D eigenvalue weighted by Crippen LogP contribution is 2.24. The second-order valence-corrected chi connectivity index (χ2v) is 22.5. The predicted molar refractivity (Wildman–Crippen MR) is 288 cm³/mol. The van der Waals surface area contributed by atoms with Crippen LogP contribution in [0.2, 0.25) is 0 Å². The van der Waals surface area contributed by atoms with E-state index >= 15 is 0 Å². The lowest BCUT2D eigenvalue weighted by Crippen LogP contribution is -2.52. The number of ether oxygens (including phenoxy) is 1. The van der Waals surface area contributed by atoms with E-state index in [9.17, 15) is 87.5 Å². The summed E-state index contributed by atoms with van der Waals surface area (Å²) in [4.78, 5) is 179. The summed E-state index contributed by atoms with van der Waals surface area (Å²) >= 11 is 1.59. The van der Waals surface area contributed by atoms with Crippen LogP contribution in [0, 0.1) is 23.2 Å². The van der Waals surface area contributed by atoms with Crippen LogP contribution in [0.4, 0.5) is 0 Å². The SMILES string of the molecule is CSC[C@H](NC(=O)CCC(=O)[C@H](CC(C)C)NC(=O)[C@@H]1CCCN1C(=O)COCCCC(=O)[C@@H](CCC(=O)O)NC(=O)[C@@H](CCC(=O)O)CC(=O)[C@@H](CCC(=O)O)NC(=O)[C@@H](CCC(=O)O)CC(=O)[C@H](N)CCC(=O)O)C(C)(C)C. The van der Waals surface area contributed by atoms with E-state index in [0.29, 0.717) is 25.0 Å². The first-order valence-electron chi connectivity index (χ1n) is 26.9. The van der Waals surface area contributed by atoms with Crippen molar-refractivity contribution in [2.45, 2.75) is 193 Å². The number of carbonyl (C=O) groups excluding carboxylic acids is 9. The van der Waals surface area contributed by atoms with Gasteiger partial charge in [-0.1, -0.05) is 34.6 Å². The molecule has 0 aliphatic carbocycles. The lowest BCUT2D eigenvalue weighted by Gasteiger charge is -2.31. The second kappa shape index (κ2) is 36.8. The number of amides is 5. The number of hydrogen-bond acceptors (Lipinski definition) is 17. The number of hydrogen-bond donors (Lipinski definition) is 10. The summed E-state index contributed by atoms with van der Waals surface area (Å²) in [6.07, 6.45) is -4.45. The quantitative estimate of drug-likeness (QED) is 0.0390. The van der Waals surface area contributed by atoms with E-state index < -0.39 is 190 Å². The molecule has 0 aromatic heterocycles. The molecule has 8 atom stereocenters. The van der Waals surface area contributed by atoms with Crippen molar-refractivity contribution < 1.29 is 97.4 Å². The van der Waals surface area contributed by atoms with Gasteiger partial charge in [0.2, 0.25) is 29.5 Å². The molecule has 1 saturated heterocycles. The monoisotopic (exact) mass is 1160 g/mol. The molecule has 0 aromatic rings. The van der Waals surface area contributed by atoms with Gasteiger partial charge in [-0.2, -0.15) is 11.8 Å². The number of ketones is 4. The van der Waals surface area contributed by atoms with Gasteiger partial charge in [0, 0.05) is 101 Å². The highest BCUT2D eigenvalue weighted by atomic mass is 32.2. The van der Waals surface area contributed by atoms with Crippen LogP contribution in [-0.4, -0.2) is 181 Å². The van der Waals surface area contributed by atoms with Crippen molar-refractivity contribution in [3.8, 4) is 0 Å². The molecular weight excluding hydrogens is 1070 g/mol. The molecule has 80 heavy (non-hydrogen) atoms. The van der Waals surface area contributed by atoms with Crippen molar-refractivity contribution in [3.05, 3.63) is 0 Å². The molecule has 0 saturated carbocycles. The number of Topliss-reactive ketones (excluding diaryl/α,β-unsaturated/α-hetero) is 4. The first kappa shape index (κ1) is 71.7. The minimum absolute atomic E-state index is 0.00519. The number of carboxylic acid groups (broad SMARTS) is 5. The van der Waals surface area contributed by atoms with Gasteiger partial charge < -0.3 is 62.2 Å². The van der Waals surface area contributed by atoms with Gasteiger partial charge in [0.05, 0.1) is 24.2 Å². The molecule has 0 radical (unpaired) electrons. The maximum Gasteiger partial charge on any atom is 0.303 e. The van der Waals surface area contributed by atoms with Gasteiger partial charge in [-0.15, -0.1) is 0 Å². The van der Waals surface area contributed by atoms with Crippen LogP contribution in [0.1, 0.15) is 157 Å². The molecule has 1 fully saturated rings. The number of likely N-dealkylation sites (tertiary alicyclic amines) is 1. The lowest BCUT2D eigenvalue weighted by molar-refractivity contribution is -0.142. The number of carboxylic acids is 5. The van der Waals surface area contributed by atoms with Crippen molar-refractivity contribution in [1.29, 1.82) is 0 Å². The summed E-state index contributed by atoms with van der Waals surface area (Å²) in [5.41, 5.74) is 5.59. The third-order valence-electron chi connectivity index (χ3n) is 13.4. The molecule has 452 valence electrons. The third kappa shape index (κ3) is 29.2. The summed E-state index contributed by atoms with van der Waals surface area (Å²) in [5.74, 6) is -15.3. The average Bonchev–Trinajstić information content (AvgIpc) is 3.86. The Morgan fingerprint density at radius 2 is 1.07 bits per heavy atom. The number of thioether (sulfide) groups is 1. The van der Waals surface area contributed by atoms with E-state index in [-0.39, 0.29) is 74.3 Å². The van der Waals surface area contributed by atoms with Gasteiger partial charge in [-0.3, -0.25) is 67.1 Å². The Kier molecular flexibility index (Phi) is 33.0. The zero-order valence-corrected chi connectivity index (χ0v) is 47.6. The zero-order chi connectivity index (χ0) is 60.9. The fourth-order valence-corrected chi connectivity index (χ4v) is 9.59. The Labute approximate surface area is 469 Å². The number of rotatable bonds is 43. The normalized spacial score (nSPS) is 15.9. The van der Waals surface area contributed by atoms with Crippen molar-refractivity contribution in [1.82, 2.24) is 26.2 Å². The summed E-state index contributed by atoms with van der Waals surface area (Å²) in [5, 5.41) is 57.1. The van der Waals surface area contributed by atoms with E-state index in [4.69, 9.17) is 15.6 Å². The number of aliphatic carboxylic acids is 5. The van der Waals surface area contributed by atoms with Crippen LogP contribution in [0.25, 0.3) is 0 Å². The second-order valence-electron chi connectivity index (χ2n) is 21.6. The van der Waals surface area contributed by atoms with E-state index in [2.05, 4.69) is 21.3 Å². The Hall–Kier alpha value is -6.35. The van der Waals surface area contributed by atoms with Gasteiger partial charge in [0.1, 0.15) is 18.4 Å². The molecule has 1 aliphatic rings. The van der Waals surface area contributed by atoms with Crippen LogP contribution in [-0.2, 0) is 71.9 Å². The maximum atomic E-state index is 13.8. The maximum absolute atomic E-state index is 13.8. The first-order chi connectivity index (χ1) is 37.4. The minimum atomic E-state index is -1.68. The lowest BCUT2D eigenvalue weighted by atomic mass is 9.87. The van der Waals surface area contributed by atoms with Gasteiger partial charge >= 0.3 is 29.8 Å². The third-order valence-corrected chi connectivity index (χ3v) is 14.0. The Balaban J connectivity index is 3.10. The number of nitrogens with zero attached hydrogens (tertiary/aromatic N) is 1. The van der Waals surface area contributed by atoms with E-state index in [1.807, 2.05) is 40.9 Å². The van der Waals surface area contributed by atoms with Crippen LogP contribution in [0.5, 0.6) is 0 Å². The molecule has 26 nitrogen and oxygen atoms in total. The van der Waals surface area contributed by atoms with Crippen LogP contribution in [0.15, 0.2) is 0 Å². The largest absolute Gasteiger partial charge is 0.481 e. The van der Waals surface area contributed by atoms with Gasteiger partial charge in [0.25, 0.3) is 0 Å². The standard InChI is InChI=1S/C53H84N6O20S/c1-30(2)25-36(39(61)16-17-43(64)58-42(29-80-6)53(3,4)5)57-52(78)37-9-7-23-59(37)44(65)28-79-24-8-10-38(60)34(14-21-48(72)73)55-51(77)32(12-19-46(68)69)27-41(63)35(15-22-49(74)75)56-50(76)31(11-18-45(66)67)26-40(62)33(54)13-20-47(70)71/h30-37,42H,7-29,54H2,1-6H3,(H,55,77)(H,56,76)(H,57,78)(H,58,64)(H,66,67)(H,68,69)(H,70,71)(H,72,73)(H,74,75)/t31-,32-,33+,34+,35+,36-,37-,42-/m0/s1. The molecule has 0 spiro atoms. The summed E-state index contributed by atoms with van der Waals surface area (Å²) in [7, 11) is 0. The highest BCUT2D eigenvalue weighted by molar-refractivity contribution is 7.98. The van der Waals surface area contributed by atoms with Gasteiger partial charge in [0.15, 0.2) is 17.3 Å². The Morgan fingerprint density at radius 3 is 1.56 bits per heavy atom. The van der Waals surface area contributed by atoms with Crippen molar-refractivity contribution in [3.63, 3.8) is 0 Å². The fraction of sp³-hybridized carbons (Fsp3) is 0.736. The van der Waals surface area contributed by atoms with E-state index in [0.717, 1.165) is 0 Å². The van der Waals surface area contributed by atoms with E-state index in [1.54, 1.807) is 11.8 Å². The molecule has 5 amide bonds. The van der Waals surface area contributed by atoms with Gasteiger partial charge in [-0.25, -0.2) is 0 Å². The summed E-state index contributed by atoms with van der Waals surface area (Å²) in [6.45, 7) is 9.35. The van der Waals surface area contributed by atoms with Crippen molar-refractivity contribution >= 4 is 94.3 Å². The molecule has 0 unspecified atom stereocenters. The highest BCUT2D eigenvalue weighted by Gasteiger charge is 2.37. The summed E-state index contributed by atoms with van der Waals surface area (Å²) < 4.78 is 5.56. The fourth-order valence-electron chi connectivity index (χ4n) is 8.67. The molecule has 0 bridgehead atoms. The number of nitrogens with two attached hydrogens (primary N) is 1.